The average Bonchev–Trinajstić information content (AvgIpc) is 2.17. The van der Waals surface area contributed by atoms with Crippen molar-refractivity contribution < 1.29 is 9.53 Å². The Bertz CT molecular complexity index is 310. The summed E-state index contributed by atoms with van der Waals surface area (Å²) in [4.78, 5) is 10.8. The highest BCUT2D eigenvalue weighted by Gasteiger charge is 1.99. The van der Waals surface area contributed by atoms with Crippen molar-refractivity contribution in [2.75, 3.05) is 12.5 Å². The van der Waals surface area contributed by atoms with E-state index in [0.717, 1.165) is 5.56 Å². The van der Waals surface area contributed by atoms with Crippen molar-refractivity contribution in [3.8, 4) is 0 Å². The molecule has 2 nitrogen and oxygen atoms in total. The van der Waals surface area contributed by atoms with Crippen LogP contribution >= 0.6 is 11.6 Å². The van der Waals surface area contributed by atoms with Gasteiger partial charge in [0.05, 0.1) is 12.5 Å². The maximum atomic E-state index is 10.8. The first-order valence-electron chi connectivity index (χ1n) is 4.43. The summed E-state index contributed by atoms with van der Waals surface area (Å²) in [5, 5.41) is 0. The minimum Gasteiger partial charge on any atom is -0.369 e. The number of hydrogen-bond acceptors (Lipinski definition) is 2. The maximum Gasteiger partial charge on any atom is 0.173 e. The Kier molecular flexibility index (Phi) is 4.63. The summed E-state index contributed by atoms with van der Waals surface area (Å²) in [5.41, 5.74) is 2.27. The molecule has 0 aromatic heterocycles. The standard InChI is InChI=1S/C11H13ClO2/c1-9-3-2-4-10(5-9)7-14-8-11(13)6-12/h2-5H,6-8H2,1H3. The van der Waals surface area contributed by atoms with Crippen LogP contribution < -0.4 is 0 Å². The molecule has 1 aromatic rings. The molecule has 0 aliphatic rings. The monoisotopic (exact) mass is 212 g/mol. The number of benzene rings is 1. The molecule has 0 aliphatic heterocycles. The normalized spacial score (nSPS) is 10.1. The van der Waals surface area contributed by atoms with Gasteiger partial charge >= 0.3 is 0 Å². The number of ether oxygens (including phenoxy) is 1. The molecule has 3 heteroatoms. The van der Waals surface area contributed by atoms with Crippen molar-refractivity contribution in [3.63, 3.8) is 0 Å². The molecular weight excluding hydrogens is 200 g/mol. The first kappa shape index (κ1) is 11.2. The predicted molar refractivity (Wildman–Crippen MR) is 56.6 cm³/mol. The average molecular weight is 213 g/mol. The molecule has 0 saturated heterocycles. The quantitative estimate of drug-likeness (QED) is 0.701. The van der Waals surface area contributed by atoms with Crippen LogP contribution in [0.25, 0.3) is 0 Å². The molecule has 0 aliphatic carbocycles. The fourth-order valence-corrected chi connectivity index (χ4v) is 1.20. The molecule has 0 unspecified atom stereocenters. The van der Waals surface area contributed by atoms with E-state index in [1.165, 1.54) is 5.56 Å². The largest absolute Gasteiger partial charge is 0.369 e. The number of hydrogen-bond donors (Lipinski definition) is 0. The van der Waals surface area contributed by atoms with E-state index in [9.17, 15) is 4.79 Å². The van der Waals surface area contributed by atoms with Gasteiger partial charge in [0.2, 0.25) is 0 Å². The summed E-state index contributed by atoms with van der Waals surface area (Å²) in [5.74, 6) is -0.0623. The maximum absolute atomic E-state index is 10.8. The van der Waals surface area contributed by atoms with E-state index >= 15 is 0 Å². The van der Waals surface area contributed by atoms with Crippen LogP contribution in [-0.2, 0) is 16.1 Å². The molecular formula is C11H13ClO2. The van der Waals surface area contributed by atoms with Gasteiger partial charge in [-0.05, 0) is 12.5 Å². The van der Waals surface area contributed by atoms with Crippen molar-refractivity contribution in [1.29, 1.82) is 0 Å². The first-order chi connectivity index (χ1) is 6.72. The molecule has 0 amide bonds. The highest BCUT2D eigenvalue weighted by Crippen LogP contribution is 2.05. The molecule has 0 fully saturated rings. The van der Waals surface area contributed by atoms with Crippen molar-refractivity contribution in [3.05, 3.63) is 35.4 Å². The summed E-state index contributed by atoms with van der Waals surface area (Å²) in [6.45, 7) is 2.58. The Morgan fingerprint density at radius 1 is 1.50 bits per heavy atom. The van der Waals surface area contributed by atoms with Gasteiger partial charge in [0.1, 0.15) is 6.61 Å². The number of rotatable bonds is 5. The van der Waals surface area contributed by atoms with Crippen molar-refractivity contribution in [1.82, 2.24) is 0 Å². The van der Waals surface area contributed by atoms with E-state index in [1.807, 2.05) is 31.2 Å². The lowest BCUT2D eigenvalue weighted by molar-refractivity contribution is -0.121. The Labute approximate surface area is 88.8 Å². The molecule has 1 rings (SSSR count). The molecule has 14 heavy (non-hydrogen) atoms. The van der Waals surface area contributed by atoms with Crippen LogP contribution in [0.2, 0.25) is 0 Å². The second kappa shape index (κ2) is 5.78. The van der Waals surface area contributed by atoms with Gasteiger partial charge in [0, 0.05) is 0 Å². The van der Waals surface area contributed by atoms with Gasteiger partial charge in [0.15, 0.2) is 5.78 Å². The number of aryl methyl sites for hydroxylation is 1. The van der Waals surface area contributed by atoms with E-state index < -0.39 is 0 Å². The lowest BCUT2D eigenvalue weighted by Gasteiger charge is -2.03. The Morgan fingerprint density at radius 3 is 2.93 bits per heavy atom. The molecule has 76 valence electrons. The zero-order chi connectivity index (χ0) is 10.4. The molecule has 0 saturated carbocycles. The second-order valence-electron chi connectivity index (χ2n) is 3.15. The Balaban J connectivity index is 2.35. The van der Waals surface area contributed by atoms with Gasteiger partial charge < -0.3 is 4.74 Å². The smallest absolute Gasteiger partial charge is 0.173 e. The first-order valence-corrected chi connectivity index (χ1v) is 4.97. The Hall–Kier alpha value is -0.860. The predicted octanol–water partition coefficient (Wildman–Crippen LogP) is 2.32. The van der Waals surface area contributed by atoms with Crippen molar-refractivity contribution in [2.24, 2.45) is 0 Å². The van der Waals surface area contributed by atoms with Crippen LogP contribution in [0.5, 0.6) is 0 Å². The molecule has 0 spiro atoms. The van der Waals surface area contributed by atoms with Gasteiger partial charge in [-0.2, -0.15) is 0 Å². The Morgan fingerprint density at radius 2 is 2.29 bits per heavy atom. The van der Waals surface area contributed by atoms with Crippen molar-refractivity contribution in [2.45, 2.75) is 13.5 Å². The number of halogens is 1. The summed E-state index contributed by atoms with van der Waals surface area (Å²) in [6, 6.07) is 7.99. The van der Waals surface area contributed by atoms with E-state index in [1.54, 1.807) is 0 Å². The summed E-state index contributed by atoms with van der Waals surface area (Å²) in [6.07, 6.45) is 0. The lowest BCUT2D eigenvalue weighted by atomic mass is 10.1. The number of carbonyl (C=O) groups excluding carboxylic acids is 1. The van der Waals surface area contributed by atoms with Crippen LogP contribution in [0, 0.1) is 6.92 Å². The molecule has 0 heterocycles. The number of ketones is 1. The van der Waals surface area contributed by atoms with Crippen LogP contribution in [0.4, 0.5) is 0 Å². The van der Waals surface area contributed by atoms with Crippen LogP contribution in [-0.4, -0.2) is 18.3 Å². The minimum absolute atomic E-state index is 0.0216. The third kappa shape index (κ3) is 3.90. The molecule has 0 radical (unpaired) electrons. The summed E-state index contributed by atoms with van der Waals surface area (Å²) in [7, 11) is 0. The van der Waals surface area contributed by atoms with Gasteiger partial charge in [-0.25, -0.2) is 0 Å². The fraction of sp³-hybridized carbons (Fsp3) is 0.364. The molecule has 0 atom stereocenters. The van der Waals surface area contributed by atoms with Gasteiger partial charge in [-0.15, -0.1) is 11.6 Å². The van der Waals surface area contributed by atoms with E-state index in [-0.39, 0.29) is 18.3 Å². The van der Waals surface area contributed by atoms with Gasteiger partial charge in [-0.1, -0.05) is 29.8 Å². The minimum atomic E-state index is -0.0840. The highest BCUT2D eigenvalue weighted by molar-refractivity contribution is 6.27. The zero-order valence-electron chi connectivity index (χ0n) is 8.13. The van der Waals surface area contributed by atoms with Gasteiger partial charge in [-0.3, -0.25) is 4.79 Å². The topological polar surface area (TPSA) is 26.3 Å². The van der Waals surface area contributed by atoms with E-state index in [2.05, 4.69) is 0 Å². The molecule has 0 bridgehead atoms. The van der Waals surface area contributed by atoms with Crippen LogP contribution in [0.1, 0.15) is 11.1 Å². The third-order valence-electron chi connectivity index (χ3n) is 1.76. The van der Waals surface area contributed by atoms with Gasteiger partial charge in [0.25, 0.3) is 0 Å². The van der Waals surface area contributed by atoms with Crippen LogP contribution in [0.3, 0.4) is 0 Å². The fourth-order valence-electron chi connectivity index (χ4n) is 1.12. The third-order valence-corrected chi connectivity index (χ3v) is 2.06. The van der Waals surface area contributed by atoms with Crippen LogP contribution in [0.15, 0.2) is 24.3 Å². The van der Waals surface area contributed by atoms with E-state index in [4.69, 9.17) is 16.3 Å². The van der Waals surface area contributed by atoms with E-state index in [0.29, 0.717) is 6.61 Å². The summed E-state index contributed by atoms with van der Waals surface area (Å²) < 4.78 is 5.19. The number of carbonyl (C=O) groups is 1. The SMILES string of the molecule is Cc1cccc(COCC(=O)CCl)c1. The zero-order valence-corrected chi connectivity index (χ0v) is 8.88. The number of alkyl halides is 1. The molecule has 1 aromatic carbocycles. The van der Waals surface area contributed by atoms with Crippen molar-refractivity contribution >= 4 is 17.4 Å². The lowest BCUT2D eigenvalue weighted by Crippen LogP contribution is -2.09. The molecule has 0 N–H and O–H groups in total. The summed E-state index contributed by atoms with van der Waals surface area (Å²) >= 11 is 5.33. The second-order valence-corrected chi connectivity index (χ2v) is 3.42. The number of Topliss-reactive ketones (excluding diaryl/α,β-unsaturated/α-hetero) is 1. The highest BCUT2D eigenvalue weighted by atomic mass is 35.5.